The molecule has 0 heterocycles. The first-order valence-corrected chi connectivity index (χ1v) is 18.9. The molecule has 0 bridgehead atoms. The van der Waals surface area contributed by atoms with Crippen molar-refractivity contribution >= 4 is 30.0 Å². The molecule has 58 heavy (non-hydrogen) atoms. The van der Waals surface area contributed by atoms with Crippen LogP contribution in [-0.2, 0) is 19.1 Å². The number of rotatable bonds is 16. The third kappa shape index (κ3) is 11.1. The minimum absolute atomic E-state index is 0.263. The molecule has 0 amide bonds. The van der Waals surface area contributed by atoms with Crippen LogP contribution in [0.5, 0.6) is 23.0 Å². The lowest BCUT2D eigenvalue weighted by atomic mass is 9.97. The number of ether oxygens (including phenoxy) is 5. The van der Waals surface area contributed by atoms with E-state index in [1.54, 1.807) is 45.0 Å². The maximum atomic E-state index is 12.7. The van der Waals surface area contributed by atoms with E-state index in [9.17, 15) is 19.2 Å². The standard InChI is InChI=1S/C49H44O9/c1-31(2)47(51)55-28-6-27-54-45-24-20-40(30-43(45)38-16-17-38)37-14-12-36(13-15-37)35-10-7-34(8-11-35)9-26-46(50)58-44-25-23-42(29-33(44)5)57-49(53)39-18-21-41(22-19-39)56-48(52)32(3)4/h7-15,18-26,29-30,38H,1,3,6,16-17,27-28H2,2,4-5H3/b26-9+. The first kappa shape index (κ1) is 40.7. The first-order valence-electron chi connectivity index (χ1n) is 18.9. The molecule has 0 atom stereocenters. The third-order valence-corrected chi connectivity index (χ3v) is 9.25. The van der Waals surface area contributed by atoms with E-state index >= 15 is 0 Å². The van der Waals surface area contributed by atoms with Crippen molar-refractivity contribution in [1.82, 2.24) is 0 Å². The maximum Gasteiger partial charge on any atom is 0.343 e. The Hall–Kier alpha value is -7.00. The van der Waals surface area contributed by atoms with Gasteiger partial charge in [-0.15, -0.1) is 0 Å². The summed E-state index contributed by atoms with van der Waals surface area (Å²) >= 11 is 0. The van der Waals surface area contributed by atoms with Gasteiger partial charge in [0.15, 0.2) is 0 Å². The minimum Gasteiger partial charge on any atom is -0.493 e. The average molecular weight is 777 g/mol. The highest BCUT2D eigenvalue weighted by molar-refractivity contribution is 5.92. The Balaban J connectivity index is 0.993. The molecule has 6 rings (SSSR count). The highest BCUT2D eigenvalue weighted by Gasteiger charge is 2.27. The monoisotopic (exact) mass is 776 g/mol. The summed E-state index contributed by atoms with van der Waals surface area (Å²) in [6.45, 7) is 12.8. The van der Waals surface area contributed by atoms with Crippen LogP contribution >= 0.6 is 0 Å². The van der Waals surface area contributed by atoms with Crippen molar-refractivity contribution in [2.45, 2.75) is 46.0 Å². The number of esters is 4. The Labute approximate surface area is 338 Å². The topological polar surface area (TPSA) is 114 Å². The zero-order valence-corrected chi connectivity index (χ0v) is 32.7. The van der Waals surface area contributed by atoms with Crippen molar-refractivity contribution in [3.05, 3.63) is 162 Å². The van der Waals surface area contributed by atoms with E-state index in [1.165, 1.54) is 35.9 Å². The molecule has 1 fully saturated rings. The largest absolute Gasteiger partial charge is 0.493 e. The number of hydrogen-bond donors (Lipinski definition) is 0. The third-order valence-electron chi connectivity index (χ3n) is 9.25. The zero-order chi connectivity index (χ0) is 41.2. The van der Waals surface area contributed by atoms with Crippen LogP contribution in [0.2, 0.25) is 0 Å². The second-order valence-electron chi connectivity index (χ2n) is 14.1. The van der Waals surface area contributed by atoms with E-state index in [2.05, 4.69) is 49.6 Å². The summed E-state index contributed by atoms with van der Waals surface area (Å²) in [5.41, 5.74) is 7.91. The number of benzene rings is 5. The molecule has 0 spiro atoms. The molecule has 0 radical (unpaired) electrons. The fourth-order valence-electron chi connectivity index (χ4n) is 5.87. The lowest BCUT2D eigenvalue weighted by Crippen LogP contribution is -2.10. The van der Waals surface area contributed by atoms with Gasteiger partial charge >= 0.3 is 23.9 Å². The van der Waals surface area contributed by atoms with Gasteiger partial charge in [0.1, 0.15) is 23.0 Å². The summed E-state index contributed by atoms with van der Waals surface area (Å²) in [6, 6.07) is 33.3. The van der Waals surface area contributed by atoms with Crippen LogP contribution < -0.4 is 18.9 Å². The quantitative estimate of drug-likeness (QED) is 0.0418. The number of aryl methyl sites for hydroxylation is 1. The van der Waals surface area contributed by atoms with Crippen molar-refractivity contribution in [3.63, 3.8) is 0 Å². The van der Waals surface area contributed by atoms with Crippen molar-refractivity contribution in [3.8, 4) is 45.3 Å². The number of hydrogen-bond acceptors (Lipinski definition) is 9. The highest BCUT2D eigenvalue weighted by atomic mass is 16.5. The van der Waals surface area contributed by atoms with E-state index in [0.29, 0.717) is 42.4 Å². The van der Waals surface area contributed by atoms with Gasteiger partial charge < -0.3 is 23.7 Å². The first-order chi connectivity index (χ1) is 27.9. The van der Waals surface area contributed by atoms with Gasteiger partial charge in [0.25, 0.3) is 0 Å². The molecule has 0 unspecified atom stereocenters. The molecule has 0 aromatic heterocycles. The molecule has 0 N–H and O–H groups in total. The van der Waals surface area contributed by atoms with E-state index in [1.807, 2.05) is 30.3 Å². The fourth-order valence-corrected chi connectivity index (χ4v) is 5.87. The van der Waals surface area contributed by atoms with Gasteiger partial charge in [-0.1, -0.05) is 67.8 Å². The zero-order valence-electron chi connectivity index (χ0n) is 32.7. The molecule has 9 heteroatoms. The molecular weight excluding hydrogens is 733 g/mol. The molecule has 1 aliphatic carbocycles. The molecular formula is C49H44O9. The SMILES string of the molecule is C=C(C)C(=O)OCCCOc1ccc(-c2ccc(-c3ccc(/C=C/C(=O)Oc4ccc(OC(=O)c5ccc(OC(=O)C(=C)C)cc5)cc4C)cc3)cc2)cc1C1CC1. The summed E-state index contributed by atoms with van der Waals surface area (Å²) in [5, 5.41) is 0. The van der Waals surface area contributed by atoms with Crippen LogP contribution in [0.4, 0.5) is 0 Å². The molecule has 0 aliphatic heterocycles. The molecule has 1 saturated carbocycles. The second-order valence-corrected chi connectivity index (χ2v) is 14.1. The molecule has 5 aromatic carbocycles. The average Bonchev–Trinajstić information content (AvgIpc) is 4.07. The van der Waals surface area contributed by atoms with Crippen molar-refractivity contribution in [1.29, 1.82) is 0 Å². The van der Waals surface area contributed by atoms with E-state index < -0.39 is 17.9 Å². The van der Waals surface area contributed by atoms with Crippen LogP contribution in [0.15, 0.2) is 140 Å². The van der Waals surface area contributed by atoms with Gasteiger partial charge in [0, 0.05) is 23.6 Å². The highest BCUT2D eigenvalue weighted by Crippen LogP contribution is 2.45. The Bertz CT molecular complexity index is 2370. The van der Waals surface area contributed by atoms with Crippen LogP contribution in [0, 0.1) is 6.92 Å². The Kier molecular flexibility index (Phi) is 13.1. The normalized spacial score (nSPS) is 12.1. The summed E-state index contributed by atoms with van der Waals surface area (Å²) in [5.74, 6) is 0.193. The van der Waals surface area contributed by atoms with E-state index in [4.69, 9.17) is 23.7 Å². The molecule has 5 aromatic rings. The lowest BCUT2D eigenvalue weighted by Gasteiger charge is -2.14. The van der Waals surface area contributed by atoms with E-state index in [0.717, 1.165) is 46.4 Å². The molecule has 9 nitrogen and oxygen atoms in total. The Morgan fingerprint density at radius 2 is 1.22 bits per heavy atom. The van der Waals surface area contributed by atoms with Crippen LogP contribution in [0.3, 0.4) is 0 Å². The van der Waals surface area contributed by atoms with Crippen molar-refractivity contribution in [2.75, 3.05) is 13.2 Å². The van der Waals surface area contributed by atoms with Gasteiger partial charge in [-0.25, -0.2) is 19.2 Å². The fraction of sp³-hybridized carbons (Fsp3) is 0.184. The van der Waals surface area contributed by atoms with Gasteiger partial charge in [-0.05, 0) is 139 Å². The van der Waals surface area contributed by atoms with Gasteiger partial charge in [-0.2, -0.15) is 0 Å². The predicted octanol–water partition coefficient (Wildman–Crippen LogP) is 10.4. The number of carbonyl (C=O) groups excluding carboxylic acids is 4. The molecule has 294 valence electrons. The van der Waals surface area contributed by atoms with Crippen LogP contribution in [0.1, 0.15) is 66.1 Å². The minimum atomic E-state index is -0.599. The van der Waals surface area contributed by atoms with Crippen molar-refractivity contribution in [2.24, 2.45) is 0 Å². The lowest BCUT2D eigenvalue weighted by molar-refractivity contribution is -0.139. The van der Waals surface area contributed by atoms with Gasteiger partial charge in [0.2, 0.25) is 0 Å². The summed E-state index contributed by atoms with van der Waals surface area (Å²) in [6.07, 6.45) is 5.95. The Morgan fingerprint density at radius 3 is 1.84 bits per heavy atom. The molecule has 1 aliphatic rings. The predicted molar refractivity (Wildman–Crippen MR) is 223 cm³/mol. The summed E-state index contributed by atoms with van der Waals surface area (Å²) in [4.78, 5) is 48.7. The van der Waals surface area contributed by atoms with Crippen molar-refractivity contribution < 1.29 is 42.9 Å². The van der Waals surface area contributed by atoms with Gasteiger partial charge in [-0.3, -0.25) is 0 Å². The second kappa shape index (κ2) is 18.8. The maximum absolute atomic E-state index is 12.7. The van der Waals surface area contributed by atoms with E-state index in [-0.39, 0.29) is 28.6 Å². The van der Waals surface area contributed by atoms with Crippen LogP contribution in [-0.4, -0.2) is 37.1 Å². The smallest absolute Gasteiger partial charge is 0.343 e. The number of carbonyl (C=O) groups is 4. The summed E-state index contributed by atoms with van der Waals surface area (Å²) in [7, 11) is 0. The van der Waals surface area contributed by atoms with Crippen LogP contribution in [0.25, 0.3) is 28.3 Å². The Morgan fingerprint density at radius 1 is 0.638 bits per heavy atom. The summed E-state index contributed by atoms with van der Waals surface area (Å²) < 4.78 is 27.4. The van der Waals surface area contributed by atoms with Gasteiger partial charge in [0.05, 0.1) is 18.8 Å². The molecule has 0 saturated heterocycles.